The SMILES string of the molecule is C[Si](C)(C)OC#CC1CCCCC1. The van der Waals surface area contributed by atoms with Crippen LogP contribution in [-0.2, 0) is 4.43 Å². The monoisotopic (exact) mass is 196 g/mol. The van der Waals surface area contributed by atoms with Crippen molar-refractivity contribution in [3.8, 4) is 12.0 Å². The summed E-state index contributed by atoms with van der Waals surface area (Å²) in [7, 11) is -1.42. The Bertz CT molecular complexity index is 200. The first-order valence-electron chi connectivity index (χ1n) is 5.26. The molecule has 0 spiro atoms. The van der Waals surface area contributed by atoms with Crippen LogP contribution in [0, 0.1) is 17.9 Å². The Hall–Kier alpha value is -0.423. The van der Waals surface area contributed by atoms with E-state index >= 15 is 0 Å². The van der Waals surface area contributed by atoms with Gasteiger partial charge in [0.05, 0.1) is 6.11 Å². The first-order valence-corrected chi connectivity index (χ1v) is 8.67. The molecule has 0 atom stereocenters. The van der Waals surface area contributed by atoms with Crippen LogP contribution in [0.1, 0.15) is 32.1 Å². The maximum atomic E-state index is 5.51. The van der Waals surface area contributed by atoms with Crippen LogP contribution in [0.25, 0.3) is 0 Å². The van der Waals surface area contributed by atoms with Gasteiger partial charge in [-0.05, 0) is 32.5 Å². The molecule has 1 rings (SSSR count). The Morgan fingerprint density at radius 1 is 1.08 bits per heavy atom. The van der Waals surface area contributed by atoms with Crippen LogP contribution in [0.5, 0.6) is 0 Å². The van der Waals surface area contributed by atoms with Gasteiger partial charge in [-0.1, -0.05) is 25.2 Å². The predicted molar refractivity (Wildman–Crippen MR) is 58.8 cm³/mol. The normalized spacial score (nSPS) is 19.0. The predicted octanol–water partition coefficient (Wildman–Crippen LogP) is 3.38. The van der Waals surface area contributed by atoms with Crippen LogP contribution < -0.4 is 0 Å². The highest BCUT2D eigenvalue weighted by Gasteiger charge is 2.14. The van der Waals surface area contributed by atoms with Crippen molar-refractivity contribution >= 4 is 8.32 Å². The first kappa shape index (κ1) is 10.7. The molecule has 0 heterocycles. The molecule has 1 saturated carbocycles. The van der Waals surface area contributed by atoms with E-state index in [0.29, 0.717) is 5.92 Å². The molecule has 0 radical (unpaired) electrons. The van der Waals surface area contributed by atoms with Crippen LogP contribution >= 0.6 is 0 Å². The maximum absolute atomic E-state index is 5.51. The molecule has 0 aliphatic heterocycles. The molecule has 13 heavy (non-hydrogen) atoms. The minimum absolute atomic E-state index is 0.616. The van der Waals surface area contributed by atoms with Crippen molar-refractivity contribution < 1.29 is 4.43 Å². The smallest absolute Gasteiger partial charge is 0.255 e. The van der Waals surface area contributed by atoms with E-state index < -0.39 is 8.32 Å². The summed E-state index contributed by atoms with van der Waals surface area (Å²) in [5.74, 6) is 3.86. The molecule has 0 N–H and O–H groups in total. The lowest BCUT2D eigenvalue weighted by Gasteiger charge is -2.16. The van der Waals surface area contributed by atoms with E-state index in [1.807, 2.05) is 0 Å². The van der Waals surface area contributed by atoms with Gasteiger partial charge in [0.2, 0.25) is 0 Å². The number of hydrogen-bond donors (Lipinski definition) is 0. The Morgan fingerprint density at radius 3 is 2.23 bits per heavy atom. The lowest BCUT2D eigenvalue weighted by Crippen LogP contribution is -2.22. The van der Waals surface area contributed by atoms with Gasteiger partial charge in [-0.25, -0.2) is 0 Å². The highest BCUT2D eigenvalue weighted by molar-refractivity contribution is 6.70. The molecule has 0 bridgehead atoms. The lowest BCUT2D eigenvalue weighted by molar-refractivity contribution is 0.425. The summed E-state index contributed by atoms with van der Waals surface area (Å²) in [5.41, 5.74) is 0. The van der Waals surface area contributed by atoms with E-state index in [0.717, 1.165) is 0 Å². The second-order valence-electron chi connectivity index (χ2n) is 4.80. The van der Waals surface area contributed by atoms with Crippen molar-refractivity contribution in [1.82, 2.24) is 0 Å². The standard InChI is InChI=1S/C11H20OSi/c1-13(2,3)12-10-9-11-7-5-4-6-8-11/h11H,4-8H2,1-3H3. The molecule has 0 unspecified atom stereocenters. The van der Waals surface area contributed by atoms with E-state index in [4.69, 9.17) is 4.43 Å². The third kappa shape index (κ3) is 5.00. The summed E-state index contributed by atoms with van der Waals surface area (Å²) in [5, 5.41) is 0. The summed E-state index contributed by atoms with van der Waals surface area (Å²) < 4.78 is 5.51. The topological polar surface area (TPSA) is 9.23 Å². The van der Waals surface area contributed by atoms with Crippen LogP contribution in [0.3, 0.4) is 0 Å². The molecular weight excluding hydrogens is 176 g/mol. The molecule has 2 heteroatoms. The highest BCUT2D eigenvalue weighted by atomic mass is 28.4. The molecule has 1 nitrogen and oxygen atoms in total. The molecule has 0 aromatic carbocycles. The average molecular weight is 196 g/mol. The lowest BCUT2D eigenvalue weighted by atomic mass is 9.90. The van der Waals surface area contributed by atoms with Crippen molar-refractivity contribution in [2.75, 3.05) is 0 Å². The van der Waals surface area contributed by atoms with Gasteiger partial charge in [-0.15, -0.1) is 0 Å². The Kier molecular flexibility index (Phi) is 3.86. The van der Waals surface area contributed by atoms with E-state index in [-0.39, 0.29) is 0 Å². The number of hydrogen-bond acceptors (Lipinski definition) is 1. The molecule has 1 aliphatic rings. The zero-order chi connectivity index (χ0) is 9.73. The number of rotatable bonds is 1. The van der Waals surface area contributed by atoms with Crippen LogP contribution in [0.4, 0.5) is 0 Å². The Morgan fingerprint density at radius 2 is 1.69 bits per heavy atom. The molecule has 0 aromatic rings. The minimum atomic E-state index is -1.42. The summed E-state index contributed by atoms with van der Waals surface area (Å²) in [6.07, 6.45) is 9.57. The fourth-order valence-electron chi connectivity index (χ4n) is 1.51. The van der Waals surface area contributed by atoms with Gasteiger partial charge in [0.15, 0.2) is 0 Å². The maximum Gasteiger partial charge on any atom is 0.255 e. The van der Waals surface area contributed by atoms with Gasteiger partial charge in [0.25, 0.3) is 8.32 Å². The van der Waals surface area contributed by atoms with E-state index in [1.165, 1.54) is 32.1 Å². The molecule has 1 aliphatic carbocycles. The third-order valence-electron chi connectivity index (χ3n) is 2.23. The van der Waals surface area contributed by atoms with E-state index in [1.54, 1.807) is 0 Å². The third-order valence-corrected chi connectivity index (χ3v) is 2.94. The van der Waals surface area contributed by atoms with Gasteiger partial charge in [-0.2, -0.15) is 0 Å². The van der Waals surface area contributed by atoms with Crippen LogP contribution in [0.2, 0.25) is 19.6 Å². The molecular formula is C11H20OSi. The van der Waals surface area contributed by atoms with Gasteiger partial charge in [0, 0.05) is 5.92 Å². The highest BCUT2D eigenvalue weighted by Crippen LogP contribution is 2.22. The Labute approximate surface area is 83.0 Å². The molecule has 74 valence electrons. The van der Waals surface area contributed by atoms with Crippen molar-refractivity contribution in [3.05, 3.63) is 0 Å². The fourth-order valence-corrected chi connectivity index (χ4v) is 1.88. The largest absolute Gasteiger partial charge is 0.501 e. The van der Waals surface area contributed by atoms with Gasteiger partial charge < -0.3 is 4.43 Å². The van der Waals surface area contributed by atoms with Crippen LogP contribution in [-0.4, -0.2) is 8.32 Å². The van der Waals surface area contributed by atoms with Crippen molar-refractivity contribution in [1.29, 1.82) is 0 Å². The van der Waals surface area contributed by atoms with Crippen molar-refractivity contribution in [2.24, 2.45) is 5.92 Å². The Balaban J connectivity index is 2.29. The van der Waals surface area contributed by atoms with Gasteiger partial charge in [0.1, 0.15) is 0 Å². The van der Waals surface area contributed by atoms with Crippen molar-refractivity contribution in [3.63, 3.8) is 0 Å². The minimum Gasteiger partial charge on any atom is -0.501 e. The molecule has 0 amide bonds. The van der Waals surface area contributed by atoms with E-state index in [9.17, 15) is 0 Å². The first-order chi connectivity index (χ1) is 6.08. The second-order valence-corrected chi connectivity index (χ2v) is 9.22. The molecule has 0 aromatic heterocycles. The quantitative estimate of drug-likeness (QED) is 0.461. The summed E-state index contributed by atoms with van der Waals surface area (Å²) in [6, 6.07) is 0. The fraction of sp³-hybridized carbons (Fsp3) is 0.818. The van der Waals surface area contributed by atoms with Crippen LogP contribution in [0.15, 0.2) is 0 Å². The van der Waals surface area contributed by atoms with E-state index in [2.05, 4.69) is 31.7 Å². The van der Waals surface area contributed by atoms with Gasteiger partial charge in [-0.3, -0.25) is 0 Å². The second kappa shape index (κ2) is 4.71. The molecule has 1 fully saturated rings. The van der Waals surface area contributed by atoms with Gasteiger partial charge >= 0.3 is 0 Å². The summed E-state index contributed by atoms with van der Waals surface area (Å²) in [4.78, 5) is 0. The zero-order valence-electron chi connectivity index (χ0n) is 9.02. The average Bonchev–Trinajstić information content (AvgIpc) is 2.04. The zero-order valence-corrected chi connectivity index (χ0v) is 10.0. The molecule has 0 saturated heterocycles. The summed E-state index contributed by atoms with van der Waals surface area (Å²) in [6.45, 7) is 6.51. The van der Waals surface area contributed by atoms with Crippen molar-refractivity contribution in [2.45, 2.75) is 51.7 Å². The summed E-state index contributed by atoms with van der Waals surface area (Å²) >= 11 is 0.